The highest BCUT2D eigenvalue weighted by molar-refractivity contribution is 7.09. The van der Waals surface area contributed by atoms with Crippen molar-refractivity contribution in [2.45, 2.75) is 38.6 Å². The van der Waals surface area contributed by atoms with Gasteiger partial charge in [0, 0.05) is 62.6 Å². The normalized spacial score (nSPS) is 12.4. The molecule has 2 amide bonds. The third kappa shape index (κ3) is 8.69. The molecule has 0 bridgehead atoms. The Morgan fingerprint density at radius 2 is 1.74 bits per heavy atom. The number of amides is 2. The van der Waals surface area contributed by atoms with E-state index >= 15 is 0 Å². The molecule has 3 N–H and O–H groups in total. The predicted octanol–water partition coefficient (Wildman–Crippen LogP) is 3.68. The Morgan fingerprint density at radius 3 is 2.45 bits per heavy atom. The van der Waals surface area contributed by atoms with Crippen molar-refractivity contribution in [1.82, 2.24) is 25.5 Å². The van der Waals surface area contributed by atoms with Crippen molar-refractivity contribution < 1.29 is 14.7 Å². The first-order valence-electron chi connectivity index (χ1n) is 13.8. The third-order valence-electron chi connectivity index (χ3n) is 6.82. The van der Waals surface area contributed by atoms with Gasteiger partial charge in [-0.15, -0.1) is 11.3 Å². The van der Waals surface area contributed by atoms with Crippen LogP contribution in [0.5, 0.6) is 0 Å². The Bertz CT molecular complexity index is 1480. The molecule has 4 rings (SSSR count). The fraction of sp³-hybridized carbons (Fsp3) is 0.312. The number of aliphatic hydroxyl groups excluding tert-OH is 1. The molecule has 9 nitrogen and oxygen atoms in total. The maximum atomic E-state index is 13.4. The van der Waals surface area contributed by atoms with Crippen LogP contribution in [0.2, 0.25) is 0 Å². The van der Waals surface area contributed by atoms with E-state index in [2.05, 4.69) is 20.6 Å². The molecule has 0 saturated heterocycles. The minimum atomic E-state index is -0.864. The molecule has 0 aliphatic rings. The number of nitrogens with zero attached hydrogens (tertiary/aromatic N) is 4. The summed E-state index contributed by atoms with van der Waals surface area (Å²) < 4.78 is 0. The molecule has 0 spiro atoms. The molecule has 42 heavy (non-hydrogen) atoms. The second kappa shape index (κ2) is 14.7. The first-order chi connectivity index (χ1) is 20.2. The molecule has 10 heteroatoms. The van der Waals surface area contributed by atoms with Gasteiger partial charge in [0.25, 0.3) is 11.8 Å². The van der Waals surface area contributed by atoms with Crippen molar-refractivity contribution in [2.24, 2.45) is 0 Å². The molecule has 0 saturated carbocycles. The van der Waals surface area contributed by atoms with Crippen LogP contribution in [0.1, 0.15) is 42.5 Å². The number of aryl methyl sites for hydroxylation is 1. The predicted molar refractivity (Wildman–Crippen MR) is 167 cm³/mol. The molecule has 2 aromatic heterocycles. The van der Waals surface area contributed by atoms with Crippen molar-refractivity contribution >= 4 is 28.8 Å². The lowest BCUT2D eigenvalue weighted by molar-refractivity contribution is 0.0784. The number of carbonyl (C=O) groups excluding carboxylic acids is 2. The van der Waals surface area contributed by atoms with Crippen molar-refractivity contribution in [3.05, 3.63) is 111 Å². The van der Waals surface area contributed by atoms with Crippen molar-refractivity contribution in [1.29, 1.82) is 0 Å². The number of aliphatic hydroxyl groups is 1. The minimum absolute atomic E-state index is 0.199. The number of benzene rings is 2. The largest absolute Gasteiger partial charge is 0.390 e. The lowest BCUT2D eigenvalue weighted by Gasteiger charge is -2.25. The number of hydrogen-bond donors (Lipinski definition) is 3. The van der Waals surface area contributed by atoms with Gasteiger partial charge in [-0.05, 0) is 48.7 Å². The van der Waals surface area contributed by atoms with E-state index in [-0.39, 0.29) is 18.4 Å². The summed E-state index contributed by atoms with van der Waals surface area (Å²) in [6.45, 7) is 3.10. The lowest BCUT2D eigenvalue weighted by Crippen LogP contribution is -2.48. The number of pyridine rings is 1. The SMILES string of the molecule is Cc1csc(CN(C)C(=O)c2cccc(C(=O)N[C@@H](Cc3ccccc3)[C@H](O)CNCc3cncc(N(C)C)c3)c2)n1. The van der Waals surface area contributed by atoms with Gasteiger partial charge < -0.3 is 25.5 Å². The summed E-state index contributed by atoms with van der Waals surface area (Å²) in [5, 5.41) is 20.3. The Labute approximate surface area is 251 Å². The average molecular weight is 587 g/mol. The summed E-state index contributed by atoms with van der Waals surface area (Å²) in [6.07, 6.45) is 3.17. The van der Waals surface area contributed by atoms with Gasteiger partial charge in [-0.25, -0.2) is 4.98 Å². The van der Waals surface area contributed by atoms with Crippen molar-refractivity contribution in [3.8, 4) is 0 Å². The van der Waals surface area contributed by atoms with Crippen LogP contribution in [0.3, 0.4) is 0 Å². The zero-order valence-electron chi connectivity index (χ0n) is 24.4. The summed E-state index contributed by atoms with van der Waals surface area (Å²) in [5.74, 6) is -0.555. The molecule has 220 valence electrons. The first-order valence-corrected chi connectivity index (χ1v) is 14.7. The van der Waals surface area contributed by atoms with Crippen molar-refractivity contribution in [2.75, 3.05) is 32.6 Å². The molecule has 0 radical (unpaired) electrons. The van der Waals surface area contributed by atoms with E-state index in [9.17, 15) is 14.7 Å². The maximum absolute atomic E-state index is 13.4. The van der Waals surface area contributed by atoms with E-state index in [1.165, 1.54) is 11.3 Å². The molecular weight excluding hydrogens is 548 g/mol. The molecule has 2 heterocycles. The van der Waals surface area contributed by atoms with Crippen LogP contribution in [0, 0.1) is 6.92 Å². The van der Waals surface area contributed by atoms with Gasteiger partial charge in [-0.3, -0.25) is 14.6 Å². The molecule has 2 atom stereocenters. The molecule has 4 aromatic rings. The second-order valence-corrected chi connectivity index (χ2v) is 11.5. The maximum Gasteiger partial charge on any atom is 0.253 e. The lowest BCUT2D eigenvalue weighted by atomic mass is 10.00. The van der Waals surface area contributed by atoms with E-state index in [0.29, 0.717) is 30.6 Å². The Balaban J connectivity index is 1.42. The van der Waals surface area contributed by atoms with Gasteiger partial charge in [0.05, 0.1) is 30.6 Å². The Kier molecular flexibility index (Phi) is 10.8. The topological polar surface area (TPSA) is 111 Å². The average Bonchev–Trinajstić information content (AvgIpc) is 3.41. The molecular formula is C32H38N6O3S. The fourth-order valence-electron chi connectivity index (χ4n) is 4.49. The van der Waals surface area contributed by atoms with Gasteiger partial charge >= 0.3 is 0 Å². The summed E-state index contributed by atoms with van der Waals surface area (Å²) in [7, 11) is 5.64. The highest BCUT2D eigenvalue weighted by Gasteiger charge is 2.23. The highest BCUT2D eigenvalue weighted by atomic mass is 32.1. The van der Waals surface area contributed by atoms with Crippen LogP contribution in [0.25, 0.3) is 0 Å². The number of carbonyl (C=O) groups is 2. The summed E-state index contributed by atoms with van der Waals surface area (Å²) >= 11 is 1.51. The monoisotopic (exact) mass is 586 g/mol. The smallest absolute Gasteiger partial charge is 0.253 e. The number of rotatable bonds is 13. The van der Waals surface area contributed by atoms with E-state index in [0.717, 1.165) is 27.5 Å². The number of aromatic nitrogens is 2. The van der Waals surface area contributed by atoms with E-state index in [1.54, 1.807) is 48.6 Å². The fourth-order valence-corrected chi connectivity index (χ4v) is 5.31. The van der Waals surface area contributed by atoms with Gasteiger partial charge in [-0.1, -0.05) is 36.4 Å². The van der Waals surface area contributed by atoms with Gasteiger partial charge in [-0.2, -0.15) is 0 Å². The van der Waals surface area contributed by atoms with Crippen LogP contribution in [0.4, 0.5) is 5.69 Å². The van der Waals surface area contributed by atoms with Gasteiger partial charge in [0.2, 0.25) is 0 Å². The molecule has 0 aliphatic heterocycles. The van der Waals surface area contributed by atoms with Crippen LogP contribution < -0.4 is 15.5 Å². The zero-order chi connectivity index (χ0) is 30.1. The molecule has 0 aliphatic carbocycles. The van der Waals surface area contributed by atoms with Gasteiger partial charge in [0.1, 0.15) is 5.01 Å². The van der Waals surface area contributed by atoms with Crippen molar-refractivity contribution in [3.63, 3.8) is 0 Å². The molecule has 0 fully saturated rings. The van der Waals surface area contributed by atoms with E-state index in [1.807, 2.05) is 67.7 Å². The number of hydrogen-bond acceptors (Lipinski definition) is 8. The van der Waals surface area contributed by atoms with Crippen LogP contribution in [-0.4, -0.2) is 71.6 Å². The Hall–Kier alpha value is -4.12. The minimum Gasteiger partial charge on any atom is -0.390 e. The van der Waals surface area contributed by atoms with Crippen LogP contribution in [-0.2, 0) is 19.5 Å². The number of nitrogens with one attached hydrogen (secondary N) is 2. The number of anilines is 1. The van der Waals surface area contributed by atoms with E-state index < -0.39 is 12.1 Å². The first kappa shape index (κ1) is 30.8. The quantitative estimate of drug-likeness (QED) is 0.219. The Morgan fingerprint density at radius 1 is 0.976 bits per heavy atom. The van der Waals surface area contributed by atoms with Gasteiger partial charge in [0.15, 0.2) is 0 Å². The number of thiazole rings is 1. The molecule has 0 unspecified atom stereocenters. The molecule has 2 aromatic carbocycles. The summed E-state index contributed by atoms with van der Waals surface area (Å²) in [4.78, 5) is 38.8. The third-order valence-corrected chi connectivity index (χ3v) is 7.77. The van der Waals surface area contributed by atoms with E-state index in [4.69, 9.17) is 0 Å². The summed E-state index contributed by atoms with van der Waals surface area (Å²) in [6, 6.07) is 17.9. The van der Waals surface area contributed by atoms with Crippen LogP contribution >= 0.6 is 11.3 Å². The second-order valence-electron chi connectivity index (χ2n) is 10.5. The highest BCUT2D eigenvalue weighted by Crippen LogP contribution is 2.15. The van der Waals surface area contributed by atoms with Crippen LogP contribution in [0.15, 0.2) is 78.4 Å². The standard InChI is InChI=1S/C32H38N6O3S/c1-22-21-42-30(35-22)20-38(4)32(41)26-12-8-11-25(15-26)31(40)36-28(14-23-9-6-5-7-10-23)29(39)19-34-17-24-13-27(37(2)3)18-33-16-24/h5-13,15-16,18,21,28-29,34,39H,14,17,19-20H2,1-4H3,(H,36,40)/t28-,29+/m0/s1. The summed E-state index contributed by atoms with van der Waals surface area (Å²) in [5.41, 5.74) is 4.67. The zero-order valence-corrected chi connectivity index (χ0v) is 25.3.